The molecule has 1 aromatic carbocycles. The Morgan fingerprint density at radius 1 is 1.29 bits per heavy atom. The Balaban J connectivity index is 1.92. The van der Waals surface area contributed by atoms with E-state index in [1.54, 1.807) is 6.20 Å². The lowest BCUT2D eigenvalue weighted by molar-refractivity contribution is 0.120. The molecule has 0 radical (unpaired) electrons. The molecule has 7 nitrogen and oxygen atoms in total. The van der Waals surface area contributed by atoms with Gasteiger partial charge in [-0.25, -0.2) is 9.78 Å². The van der Waals surface area contributed by atoms with Gasteiger partial charge in [0.1, 0.15) is 24.6 Å². The van der Waals surface area contributed by atoms with Crippen LogP contribution in [0.1, 0.15) is 33.5 Å². The van der Waals surface area contributed by atoms with Crippen molar-refractivity contribution in [1.82, 2.24) is 19.9 Å². The van der Waals surface area contributed by atoms with Crippen molar-refractivity contribution in [3.63, 3.8) is 0 Å². The normalized spacial score (nSPS) is 11.9. The van der Waals surface area contributed by atoms with Crippen LogP contribution in [0.15, 0.2) is 28.9 Å². The van der Waals surface area contributed by atoms with Gasteiger partial charge in [0.25, 0.3) is 0 Å². The molecule has 3 aromatic rings. The molecular weight excluding hydrogens is 424 g/mol. The van der Waals surface area contributed by atoms with E-state index in [-0.39, 0.29) is 12.1 Å². The van der Waals surface area contributed by atoms with E-state index in [0.29, 0.717) is 19.8 Å². The van der Waals surface area contributed by atoms with Gasteiger partial charge in [-0.3, -0.25) is 4.98 Å². The van der Waals surface area contributed by atoms with Crippen LogP contribution in [-0.2, 0) is 22.6 Å². The molecule has 0 aliphatic heterocycles. The Kier molecular flexibility index (Phi) is 6.20. The van der Waals surface area contributed by atoms with Gasteiger partial charge in [-0.2, -0.15) is 0 Å². The van der Waals surface area contributed by atoms with Crippen molar-refractivity contribution in [2.75, 3.05) is 13.2 Å². The van der Waals surface area contributed by atoms with Crippen LogP contribution < -0.4 is 5.32 Å². The summed E-state index contributed by atoms with van der Waals surface area (Å²) in [6.45, 7) is 9.37. The lowest BCUT2D eigenvalue weighted by Gasteiger charge is -2.20. The quantitative estimate of drug-likeness (QED) is 0.603. The highest BCUT2D eigenvalue weighted by Crippen LogP contribution is 2.27. The highest BCUT2D eigenvalue weighted by Gasteiger charge is 2.17. The minimum atomic E-state index is -0.432. The fourth-order valence-corrected chi connectivity index (χ4v) is 3.30. The van der Waals surface area contributed by atoms with Crippen LogP contribution in [0, 0.1) is 0 Å². The number of benzene rings is 1. The van der Waals surface area contributed by atoms with Crippen LogP contribution in [0.4, 0.5) is 4.79 Å². The predicted octanol–water partition coefficient (Wildman–Crippen LogP) is 4.41. The monoisotopic (exact) mass is 448 g/mol. The summed E-state index contributed by atoms with van der Waals surface area (Å²) < 4.78 is 14.0. The summed E-state index contributed by atoms with van der Waals surface area (Å²) in [4.78, 5) is 21.2. The second kappa shape index (κ2) is 8.45. The SMILES string of the molecule is CCOCc1nc2cnc3cc(Br)ccc3c2n1CCOC(=O)NC(C)(C)C. The topological polar surface area (TPSA) is 78.3 Å². The maximum Gasteiger partial charge on any atom is 0.407 e. The lowest BCUT2D eigenvalue weighted by Crippen LogP contribution is -2.41. The molecule has 0 aliphatic rings. The molecule has 0 fully saturated rings. The average Bonchev–Trinajstić information content (AvgIpc) is 2.96. The van der Waals surface area contributed by atoms with Gasteiger partial charge in [-0.15, -0.1) is 0 Å². The summed E-state index contributed by atoms with van der Waals surface area (Å²) in [5.74, 6) is 0.786. The molecule has 0 aliphatic carbocycles. The number of halogens is 1. The van der Waals surface area contributed by atoms with E-state index >= 15 is 0 Å². The Hall–Kier alpha value is -2.19. The van der Waals surface area contributed by atoms with Crippen molar-refractivity contribution in [2.45, 2.75) is 46.4 Å². The van der Waals surface area contributed by atoms with E-state index in [9.17, 15) is 4.79 Å². The number of hydrogen-bond donors (Lipinski definition) is 1. The predicted molar refractivity (Wildman–Crippen MR) is 112 cm³/mol. The molecule has 0 atom stereocenters. The standard InChI is InChI=1S/C20H25BrN4O3/c1-5-27-12-17-23-16-11-22-15-10-13(21)6-7-14(15)18(16)25(17)8-9-28-19(26)24-20(2,3)4/h6-7,10-11H,5,8-9,12H2,1-4H3,(H,24,26). The van der Waals surface area contributed by atoms with Gasteiger partial charge >= 0.3 is 6.09 Å². The molecule has 28 heavy (non-hydrogen) atoms. The second-order valence-corrected chi connectivity index (χ2v) is 8.40. The number of pyridine rings is 1. The van der Waals surface area contributed by atoms with Crippen LogP contribution in [0.3, 0.4) is 0 Å². The van der Waals surface area contributed by atoms with E-state index in [1.165, 1.54) is 0 Å². The third-order valence-electron chi connectivity index (χ3n) is 4.07. The van der Waals surface area contributed by atoms with Crippen LogP contribution in [0.5, 0.6) is 0 Å². The minimum absolute atomic E-state index is 0.229. The van der Waals surface area contributed by atoms with Crippen molar-refractivity contribution in [1.29, 1.82) is 0 Å². The Labute approximate surface area is 172 Å². The summed E-state index contributed by atoms with van der Waals surface area (Å²) in [5, 5.41) is 3.79. The third kappa shape index (κ3) is 4.80. The first-order valence-corrected chi connectivity index (χ1v) is 10.0. The van der Waals surface area contributed by atoms with E-state index in [4.69, 9.17) is 9.47 Å². The van der Waals surface area contributed by atoms with Crippen molar-refractivity contribution in [3.8, 4) is 0 Å². The number of rotatable bonds is 6. The first-order chi connectivity index (χ1) is 13.3. The van der Waals surface area contributed by atoms with Gasteiger partial charge in [0, 0.05) is 22.0 Å². The zero-order valence-electron chi connectivity index (χ0n) is 16.6. The number of carbonyl (C=O) groups excluding carboxylic acids is 1. The summed E-state index contributed by atoms with van der Waals surface area (Å²) >= 11 is 3.49. The molecule has 2 heterocycles. The van der Waals surface area contributed by atoms with Gasteiger partial charge in [0.15, 0.2) is 0 Å². The first-order valence-electron chi connectivity index (χ1n) is 9.24. The maximum atomic E-state index is 12.0. The fourth-order valence-electron chi connectivity index (χ4n) is 2.95. The largest absolute Gasteiger partial charge is 0.448 e. The van der Waals surface area contributed by atoms with Crippen LogP contribution in [-0.4, -0.2) is 39.4 Å². The number of nitrogens with one attached hydrogen (secondary N) is 1. The first kappa shape index (κ1) is 20.5. The molecule has 2 aromatic heterocycles. The Morgan fingerprint density at radius 3 is 2.79 bits per heavy atom. The van der Waals surface area contributed by atoms with Gasteiger partial charge < -0.3 is 19.4 Å². The highest BCUT2D eigenvalue weighted by atomic mass is 79.9. The Morgan fingerprint density at radius 2 is 2.07 bits per heavy atom. The van der Waals surface area contributed by atoms with Gasteiger partial charge in [-0.1, -0.05) is 15.9 Å². The number of amides is 1. The van der Waals surface area contributed by atoms with Crippen molar-refractivity contribution < 1.29 is 14.3 Å². The smallest absolute Gasteiger partial charge is 0.407 e. The number of ether oxygens (including phenoxy) is 2. The van der Waals surface area contributed by atoms with E-state index in [1.807, 2.05) is 50.5 Å². The van der Waals surface area contributed by atoms with Crippen molar-refractivity contribution in [2.24, 2.45) is 0 Å². The molecule has 1 N–H and O–H groups in total. The number of imidazole rings is 1. The number of hydrogen-bond acceptors (Lipinski definition) is 5. The third-order valence-corrected chi connectivity index (χ3v) is 4.57. The summed E-state index contributed by atoms with van der Waals surface area (Å²) in [6, 6.07) is 5.97. The molecule has 150 valence electrons. The van der Waals surface area contributed by atoms with Crippen LogP contribution >= 0.6 is 15.9 Å². The number of alkyl carbamates (subject to hydrolysis) is 1. The maximum absolute atomic E-state index is 12.0. The molecule has 0 saturated heterocycles. The van der Waals surface area contributed by atoms with Crippen LogP contribution in [0.2, 0.25) is 0 Å². The lowest BCUT2D eigenvalue weighted by atomic mass is 10.1. The molecule has 0 spiro atoms. The van der Waals surface area contributed by atoms with Gasteiger partial charge in [0.2, 0.25) is 0 Å². The number of fused-ring (bicyclic) bond motifs is 3. The molecular formula is C20H25BrN4O3. The Bertz CT molecular complexity index is 994. The van der Waals surface area contributed by atoms with Gasteiger partial charge in [0.05, 0.1) is 23.8 Å². The fraction of sp³-hybridized carbons (Fsp3) is 0.450. The zero-order valence-corrected chi connectivity index (χ0v) is 18.2. The minimum Gasteiger partial charge on any atom is -0.448 e. The number of carbonyl (C=O) groups is 1. The average molecular weight is 449 g/mol. The molecule has 8 heteroatoms. The molecule has 0 bridgehead atoms. The van der Waals surface area contributed by atoms with E-state index < -0.39 is 6.09 Å². The van der Waals surface area contributed by atoms with Crippen LogP contribution in [0.25, 0.3) is 21.9 Å². The van der Waals surface area contributed by atoms with E-state index in [0.717, 1.165) is 32.2 Å². The van der Waals surface area contributed by atoms with Gasteiger partial charge in [-0.05, 0) is 45.9 Å². The highest BCUT2D eigenvalue weighted by molar-refractivity contribution is 9.10. The van der Waals surface area contributed by atoms with E-state index in [2.05, 4.69) is 31.2 Å². The second-order valence-electron chi connectivity index (χ2n) is 7.48. The summed E-state index contributed by atoms with van der Waals surface area (Å²) in [6.07, 6.45) is 1.34. The molecule has 0 unspecified atom stereocenters. The molecule has 1 amide bonds. The van der Waals surface area contributed by atoms with Crippen molar-refractivity contribution >= 4 is 44.0 Å². The summed E-state index contributed by atoms with van der Waals surface area (Å²) in [5.41, 5.74) is 2.29. The summed E-state index contributed by atoms with van der Waals surface area (Å²) in [7, 11) is 0. The zero-order chi connectivity index (χ0) is 20.3. The van der Waals surface area contributed by atoms with Crippen molar-refractivity contribution in [3.05, 3.63) is 34.7 Å². The number of aromatic nitrogens is 3. The molecule has 3 rings (SSSR count). The number of nitrogens with zero attached hydrogens (tertiary/aromatic N) is 3. The molecule has 0 saturated carbocycles.